The third-order valence-electron chi connectivity index (χ3n) is 7.81. The maximum absolute atomic E-state index is 13.8. The number of ether oxygens (including phenoxy) is 1. The van der Waals surface area contributed by atoms with Crippen LogP contribution in [0.2, 0.25) is 0 Å². The second kappa shape index (κ2) is 13.4. The third-order valence-corrected chi connectivity index (χ3v) is 7.81. The van der Waals surface area contributed by atoms with Crippen LogP contribution in [0.1, 0.15) is 50.7 Å². The molecule has 0 aromatic heterocycles. The number of nitrogens with zero attached hydrogens (tertiary/aromatic N) is 3. The van der Waals surface area contributed by atoms with E-state index in [1.54, 1.807) is 4.90 Å². The summed E-state index contributed by atoms with van der Waals surface area (Å²) in [5.41, 5.74) is 4.88. The van der Waals surface area contributed by atoms with Crippen LogP contribution in [-0.4, -0.2) is 73.8 Å². The second-order valence-corrected chi connectivity index (χ2v) is 10.7. The molecular formula is C30H40F3N5O2. The number of carbonyl (C=O) groups is 1. The number of hydrogen-bond donors (Lipinski definition) is 2. The van der Waals surface area contributed by atoms with Gasteiger partial charge in [-0.1, -0.05) is 31.7 Å². The van der Waals surface area contributed by atoms with Gasteiger partial charge in [0.2, 0.25) is 0 Å². The van der Waals surface area contributed by atoms with Crippen molar-refractivity contribution in [2.24, 2.45) is 10.9 Å². The zero-order chi connectivity index (χ0) is 28.7. The molecule has 40 heavy (non-hydrogen) atoms. The van der Waals surface area contributed by atoms with Gasteiger partial charge in [-0.2, -0.15) is 13.2 Å². The van der Waals surface area contributed by atoms with Gasteiger partial charge in [0.05, 0.1) is 12.3 Å². The fourth-order valence-corrected chi connectivity index (χ4v) is 5.65. The first kappa shape index (κ1) is 29.7. The van der Waals surface area contributed by atoms with E-state index in [1.165, 1.54) is 18.1 Å². The molecule has 0 bridgehead atoms. The Bertz CT molecular complexity index is 1190. The molecule has 0 saturated carbocycles. The quantitative estimate of drug-likeness (QED) is 0.286. The number of halogens is 3. The highest BCUT2D eigenvalue weighted by atomic mass is 19.4. The lowest BCUT2D eigenvalue weighted by atomic mass is 9.94. The van der Waals surface area contributed by atoms with Crippen molar-refractivity contribution in [3.8, 4) is 0 Å². The summed E-state index contributed by atoms with van der Waals surface area (Å²) in [7, 11) is 2.20. The van der Waals surface area contributed by atoms with Gasteiger partial charge in [-0.3, -0.25) is 0 Å². The Labute approximate surface area is 234 Å². The number of rotatable bonds is 10. The number of nitrogens with one attached hydrogen (secondary N) is 2. The number of amidine groups is 1. The molecule has 3 heterocycles. The summed E-state index contributed by atoms with van der Waals surface area (Å²) in [5, 5.41) is 6.04. The van der Waals surface area contributed by atoms with Crippen LogP contribution < -0.4 is 10.6 Å². The van der Waals surface area contributed by atoms with Crippen molar-refractivity contribution in [3.63, 3.8) is 0 Å². The monoisotopic (exact) mass is 559 g/mol. The van der Waals surface area contributed by atoms with Crippen LogP contribution in [0.3, 0.4) is 0 Å². The van der Waals surface area contributed by atoms with Crippen LogP contribution in [0.4, 0.5) is 23.7 Å². The summed E-state index contributed by atoms with van der Waals surface area (Å²) in [6.07, 6.45) is 2.69. The van der Waals surface area contributed by atoms with Crippen molar-refractivity contribution < 1.29 is 22.7 Å². The topological polar surface area (TPSA) is 69.2 Å². The van der Waals surface area contributed by atoms with E-state index in [-0.39, 0.29) is 24.2 Å². The van der Waals surface area contributed by atoms with Gasteiger partial charge in [-0.25, -0.2) is 9.79 Å². The van der Waals surface area contributed by atoms with Gasteiger partial charge in [0.25, 0.3) is 0 Å². The molecule has 0 unspecified atom stereocenters. The smallest absolute Gasteiger partial charge is 0.420 e. The first-order chi connectivity index (χ1) is 19.2. The molecule has 3 aliphatic rings. The highest BCUT2D eigenvalue weighted by molar-refractivity contribution is 6.04. The van der Waals surface area contributed by atoms with E-state index in [1.807, 2.05) is 6.07 Å². The van der Waals surface area contributed by atoms with E-state index in [4.69, 9.17) is 4.74 Å². The minimum Gasteiger partial charge on any atom is -0.449 e. The number of benzene rings is 1. The van der Waals surface area contributed by atoms with Gasteiger partial charge in [-0.05, 0) is 68.7 Å². The number of aryl methyl sites for hydroxylation is 1. The van der Waals surface area contributed by atoms with Gasteiger partial charge in [0, 0.05) is 50.2 Å². The lowest BCUT2D eigenvalue weighted by Gasteiger charge is -2.26. The van der Waals surface area contributed by atoms with E-state index in [0.29, 0.717) is 38.1 Å². The Balaban J connectivity index is 1.42. The highest BCUT2D eigenvalue weighted by Gasteiger charge is 2.37. The molecule has 1 aromatic rings. The molecule has 0 spiro atoms. The normalized spacial score (nSPS) is 21.9. The SMILES string of the molecule is CCc1cc(C[C@@H]2C[C@H](CC)N(C)C2)ccc1NC1=NC=C(C(F)(F)F)C(NCCCN2CCCOC2=O)=C=C1. The molecule has 0 aliphatic carbocycles. The summed E-state index contributed by atoms with van der Waals surface area (Å²) < 4.78 is 46.5. The Morgan fingerprint density at radius 2 is 2.08 bits per heavy atom. The fourth-order valence-electron chi connectivity index (χ4n) is 5.65. The molecular weight excluding hydrogens is 519 g/mol. The summed E-state index contributed by atoms with van der Waals surface area (Å²) in [5.74, 6) is 0.906. The van der Waals surface area contributed by atoms with Crippen molar-refractivity contribution in [3.05, 3.63) is 58.6 Å². The predicted molar refractivity (Wildman–Crippen MR) is 151 cm³/mol. The average molecular weight is 560 g/mol. The molecule has 2 saturated heterocycles. The fraction of sp³-hybridized carbons (Fsp3) is 0.567. The molecule has 0 radical (unpaired) electrons. The Hall–Kier alpha value is -3.23. The van der Waals surface area contributed by atoms with Crippen molar-refractivity contribution in [1.29, 1.82) is 0 Å². The van der Waals surface area contributed by atoms with Crippen LogP contribution in [0, 0.1) is 5.92 Å². The number of aliphatic imine (C=N–C) groups is 1. The molecule has 4 rings (SSSR count). The summed E-state index contributed by atoms with van der Waals surface area (Å²) in [4.78, 5) is 19.9. The zero-order valence-electron chi connectivity index (χ0n) is 23.6. The third kappa shape index (κ3) is 7.70. The molecule has 218 valence electrons. The van der Waals surface area contributed by atoms with Crippen LogP contribution in [0.5, 0.6) is 0 Å². The van der Waals surface area contributed by atoms with Crippen molar-refractivity contribution in [2.75, 3.05) is 45.2 Å². The van der Waals surface area contributed by atoms with Crippen LogP contribution in [0.15, 0.2) is 52.5 Å². The molecule has 10 heteroatoms. The number of likely N-dealkylation sites (tertiary alicyclic amines) is 1. The second-order valence-electron chi connectivity index (χ2n) is 10.7. The minimum atomic E-state index is -4.60. The van der Waals surface area contributed by atoms with Gasteiger partial charge >= 0.3 is 12.3 Å². The van der Waals surface area contributed by atoms with Gasteiger partial charge < -0.3 is 25.2 Å². The van der Waals surface area contributed by atoms with E-state index >= 15 is 0 Å². The first-order valence-electron chi connectivity index (χ1n) is 14.2. The highest BCUT2D eigenvalue weighted by Crippen LogP contribution is 2.31. The number of amides is 1. The van der Waals surface area contributed by atoms with Crippen LogP contribution in [0.25, 0.3) is 0 Å². The Kier molecular flexibility index (Phi) is 9.98. The summed E-state index contributed by atoms with van der Waals surface area (Å²) >= 11 is 0. The van der Waals surface area contributed by atoms with Crippen molar-refractivity contribution in [2.45, 2.75) is 64.6 Å². The van der Waals surface area contributed by atoms with Gasteiger partial charge in [0.1, 0.15) is 11.4 Å². The predicted octanol–water partition coefficient (Wildman–Crippen LogP) is 5.65. The van der Waals surface area contributed by atoms with Crippen LogP contribution in [-0.2, 0) is 17.6 Å². The number of alkyl halides is 3. The molecule has 2 atom stereocenters. The summed E-state index contributed by atoms with van der Waals surface area (Å²) in [6.45, 7) is 7.05. The van der Waals surface area contributed by atoms with Crippen molar-refractivity contribution in [1.82, 2.24) is 15.1 Å². The number of anilines is 1. The van der Waals surface area contributed by atoms with E-state index in [2.05, 4.69) is 59.3 Å². The van der Waals surface area contributed by atoms with Gasteiger partial charge in [0.15, 0.2) is 0 Å². The zero-order valence-corrected chi connectivity index (χ0v) is 23.6. The van der Waals surface area contributed by atoms with Crippen molar-refractivity contribution >= 4 is 17.6 Å². The lowest BCUT2D eigenvalue weighted by molar-refractivity contribution is -0.0900. The molecule has 2 fully saturated rings. The molecule has 7 nitrogen and oxygen atoms in total. The summed E-state index contributed by atoms with van der Waals surface area (Å²) in [6, 6.07) is 6.93. The minimum absolute atomic E-state index is 0.174. The van der Waals surface area contributed by atoms with E-state index in [0.717, 1.165) is 49.7 Å². The van der Waals surface area contributed by atoms with E-state index in [9.17, 15) is 18.0 Å². The number of cyclic esters (lactones) is 1. The Morgan fingerprint density at radius 3 is 2.77 bits per heavy atom. The molecule has 1 aromatic carbocycles. The Morgan fingerprint density at radius 1 is 1.25 bits per heavy atom. The maximum atomic E-state index is 13.8. The lowest BCUT2D eigenvalue weighted by Crippen LogP contribution is -2.39. The molecule has 2 N–H and O–H groups in total. The van der Waals surface area contributed by atoms with E-state index < -0.39 is 11.7 Å². The van der Waals surface area contributed by atoms with Gasteiger partial charge in [-0.15, -0.1) is 0 Å². The largest absolute Gasteiger partial charge is 0.449 e. The average Bonchev–Trinajstić information content (AvgIpc) is 3.14. The number of hydrogen-bond acceptors (Lipinski definition) is 6. The first-order valence-corrected chi connectivity index (χ1v) is 14.2. The van der Waals surface area contributed by atoms with Crippen LogP contribution >= 0.6 is 0 Å². The maximum Gasteiger partial charge on any atom is 0.420 e. The number of carbonyl (C=O) groups excluding carboxylic acids is 1. The molecule has 3 aliphatic heterocycles. The standard InChI is InChI=1S/C30H40F3N5O2/c1-4-23-17-21(16-22-18-24(5-2)37(3)20-22)8-9-26(23)36-28-11-10-27(25(19-35-28)30(31,32)33)34-12-6-13-38-14-7-15-40-29(38)39/h8-9,11,17,19,22,24,34H,4-7,12-16,18,20H2,1-3H3,(H,35,36)/t22-,24+/m1/s1. The molecule has 1 amide bonds.